The van der Waals surface area contributed by atoms with Crippen molar-refractivity contribution in [1.82, 2.24) is 9.55 Å². The molecule has 8 heteroatoms. The second-order valence-corrected chi connectivity index (χ2v) is 11.0. The van der Waals surface area contributed by atoms with Crippen molar-refractivity contribution < 1.29 is 16.8 Å². The standard InChI is InChI=1S/C22H20N2O4S2/c25-29(26,18-9-3-1-4-10-18)16-15-24-21-14-8-7-13-20(21)23-22(24)17-30(27,28)19-11-5-2-6-12-19/h1-14H,15-17H2. The van der Waals surface area contributed by atoms with Gasteiger partial charge in [-0.3, -0.25) is 0 Å². The third-order valence-corrected chi connectivity index (χ3v) is 8.18. The average Bonchev–Trinajstić information content (AvgIpc) is 3.10. The summed E-state index contributed by atoms with van der Waals surface area (Å²) < 4.78 is 52.9. The van der Waals surface area contributed by atoms with E-state index in [4.69, 9.17) is 0 Å². The molecule has 3 aromatic carbocycles. The highest BCUT2D eigenvalue weighted by Gasteiger charge is 2.22. The van der Waals surface area contributed by atoms with Crippen molar-refractivity contribution in [2.24, 2.45) is 0 Å². The van der Waals surface area contributed by atoms with Crippen molar-refractivity contribution in [3.8, 4) is 0 Å². The molecule has 30 heavy (non-hydrogen) atoms. The summed E-state index contributed by atoms with van der Waals surface area (Å²) in [6.45, 7) is 0.109. The Morgan fingerprint density at radius 2 is 1.20 bits per heavy atom. The summed E-state index contributed by atoms with van der Waals surface area (Å²) in [6.07, 6.45) is 0. The van der Waals surface area contributed by atoms with Gasteiger partial charge in [0, 0.05) is 6.54 Å². The van der Waals surface area contributed by atoms with Crippen LogP contribution in [0.2, 0.25) is 0 Å². The Kier molecular flexibility index (Phi) is 5.44. The molecule has 0 saturated carbocycles. The van der Waals surface area contributed by atoms with Crippen molar-refractivity contribution in [3.05, 3.63) is 90.8 Å². The predicted octanol–water partition coefficient (Wildman–Crippen LogP) is 3.48. The van der Waals surface area contributed by atoms with E-state index in [-0.39, 0.29) is 27.8 Å². The molecule has 0 bridgehead atoms. The molecular weight excluding hydrogens is 420 g/mol. The zero-order chi connectivity index (χ0) is 21.2. The molecule has 0 N–H and O–H groups in total. The number of sulfone groups is 2. The summed E-state index contributed by atoms with van der Waals surface area (Å²) in [7, 11) is -7.14. The molecule has 1 heterocycles. The number of para-hydroxylation sites is 2. The van der Waals surface area contributed by atoms with E-state index < -0.39 is 19.7 Å². The number of hydrogen-bond donors (Lipinski definition) is 0. The van der Waals surface area contributed by atoms with Gasteiger partial charge in [0.05, 0.1) is 26.6 Å². The Morgan fingerprint density at radius 3 is 1.83 bits per heavy atom. The second kappa shape index (κ2) is 8.04. The normalized spacial score (nSPS) is 12.3. The predicted molar refractivity (Wildman–Crippen MR) is 116 cm³/mol. The lowest BCUT2D eigenvalue weighted by Gasteiger charge is -2.11. The van der Waals surface area contributed by atoms with Crippen LogP contribution < -0.4 is 0 Å². The molecule has 4 aromatic rings. The van der Waals surface area contributed by atoms with E-state index in [2.05, 4.69) is 4.98 Å². The van der Waals surface area contributed by atoms with Gasteiger partial charge in [-0.05, 0) is 36.4 Å². The fourth-order valence-electron chi connectivity index (χ4n) is 3.32. The zero-order valence-corrected chi connectivity index (χ0v) is 17.7. The molecule has 0 radical (unpaired) electrons. The first-order valence-corrected chi connectivity index (χ1v) is 12.7. The first-order chi connectivity index (χ1) is 14.4. The molecule has 154 valence electrons. The van der Waals surface area contributed by atoms with Crippen LogP contribution in [0.1, 0.15) is 5.82 Å². The van der Waals surface area contributed by atoms with Crippen LogP contribution in [0, 0.1) is 0 Å². The van der Waals surface area contributed by atoms with Gasteiger partial charge in [-0.25, -0.2) is 21.8 Å². The van der Waals surface area contributed by atoms with E-state index in [1.54, 1.807) is 71.3 Å². The molecule has 0 aliphatic heterocycles. The minimum absolute atomic E-state index is 0.109. The van der Waals surface area contributed by atoms with Gasteiger partial charge in [0.25, 0.3) is 0 Å². The Balaban J connectivity index is 1.69. The smallest absolute Gasteiger partial charge is 0.185 e. The fraction of sp³-hybridized carbons (Fsp3) is 0.136. The molecule has 0 saturated heterocycles. The number of hydrogen-bond acceptors (Lipinski definition) is 5. The molecular formula is C22H20N2O4S2. The fourth-order valence-corrected chi connectivity index (χ4v) is 5.85. The molecule has 0 spiro atoms. The monoisotopic (exact) mass is 440 g/mol. The van der Waals surface area contributed by atoms with Crippen LogP contribution >= 0.6 is 0 Å². The van der Waals surface area contributed by atoms with Gasteiger partial charge in [0.1, 0.15) is 11.6 Å². The zero-order valence-electron chi connectivity index (χ0n) is 16.0. The van der Waals surface area contributed by atoms with E-state index in [1.165, 1.54) is 0 Å². The minimum Gasteiger partial charge on any atom is -0.326 e. The average molecular weight is 441 g/mol. The van der Waals surface area contributed by atoms with Crippen molar-refractivity contribution in [2.45, 2.75) is 22.1 Å². The van der Waals surface area contributed by atoms with Gasteiger partial charge in [0.2, 0.25) is 0 Å². The Bertz CT molecular complexity index is 1380. The highest BCUT2D eigenvalue weighted by atomic mass is 32.2. The lowest BCUT2D eigenvalue weighted by molar-refractivity contribution is 0.586. The minimum atomic E-state index is -3.62. The Hall–Kier alpha value is -2.97. The van der Waals surface area contributed by atoms with Crippen molar-refractivity contribution in [1.29, 1.82) is 0 Å². The molecule has 1 aromatic heterocycles. The van der Waals surface area contributed by atoms with Crippen molar-refractivity contribution in [3.63, 3.8) is 0 Å². The molecule has 0 amide bonds. The van der Waals surface area contributed by atoms with Crippen LogP contribution in [0.5, 0.6) is 0 Å². The number of nitrogens with zero attached hydrogens (tertiary/aromatic N) is 2. The summed E-state index contributed by atoms with van der Waals surface area (Å²) in [5, 5.41) is 0. The van der Waals surface area contributed by atoms with Gasteiger partial charge in [0.15, 0.2) is 19.7 Å². The number of fused-ring (bicyclic) bond motifs is 1. The van der Waals surface area contributed by atoms with E-state index in [0.29, 0.717) is 16.9 Å². The number of imidazole rings is 1. The highest BCUT2D eigenvalue weighted by Crippen LogP contribution is 2.22. The summed E-state index contributed by atoms with van der Waals surface area (Å²) in [6, 6.07) is 23.6. The lowest BCUT2D eigenvalue weighted by atomic mass is 10.3. The maximum absolute atomic E-state index is 12.9. The largest absolute Gasteiger partial charge is 0.326 e. The van der Waals surface area contributed by atoms with Gasteiger partial charge >= 0.3 is 0 Å². The highest BCUT2D eigenvalue weighted by molar-refractivity contribution is 7.91. The van der Waals surface area contributed by atoms with Crippen molar-refractivity contribution >= 4 is 30.7 Å². The molecule has 0 fully saturated rings. The number of aromatic nitrogens is 2. The molecule has 0 aliphatic rings. The van der Waals surface area contributed by atoms with E-state index in [0.717, 1.165) is 0 Å². The summed E-state index contributed by atoms with van der Waals surface area (Å²) in [4.78, 5) is 4.94. The van der Waals surface area contributed by atoms with Crippen LogP contribution in [0.4, 0.5) is 0 Å². The Labute approximate surface area is 175 Å². The van der Waals surface area contributed by atoms with Crippen LogP contribution in [0.3, 0.4) is 0 Å². The number of aryl methyl sites for hydroxylation is 1. The first-order valence-electron chi connectivity index (χ1n) is 9.37. The van der Waals surface area contributed by atoms with Crippen LogP contribution in [0.25, 0.3) is 11.0 Å². The number of benzene rings is 3. The summed E-state index contributed by atoms with van der Waals surface area (Å²) >= 11 is 0. The molecule has 0 aliphatic carbocycles. The second-order valence-electron chi connectivity index (χ2n) is 6.87. The van der Waals surface area contributed by atoms with Gasteiger partial charge < -0.3 is 4.57 Å². The first kappa shape index (κ1) is 20.3. The third kappa shape index (κ3) is 4.15. The molecule has 6 nitrogen and oxygen atoms in total. The van der Waals surface area contributed by atoms with E-state index in [1.807, 2.05) is 18.2 Å². The number of rotatable bonds is 7. The van der Waals surface area contributed by atoms with Crippen molar-refractivity contribution in [2.75, 3.05) is 5.75 Å². The third-order valence-electron chi connectivity index (χ3n) is 4.84. The lowest BCUT2D eigenvalue weighted by Crippen LogP contribution is -2.17. The van der Waals surface area contributed by atoms with Crippen LogP contribution in [-0.2, 0) is 32.0 Å². The van der Waals surface area contributed by atoms with Gasteiger partial charge in [-0.1, -0.05) is 48.5 Å². The Morgan fingerprint density at radius 1 is 0.667 bits per heavy atom. The van der Waals surface area contributed by atoms with Gasteiger partial charge in [-0.15, -0.1) is 0 Å². The van der Waals surface area contributed by atoms with E-state index >= 15 is 0 Å². The maximum Gasteiger partial charge on any atom is 0.185 e. The van der Waals surface area contributed by atoms with Crippen LogP contribution in [-0.4, -0.2) is 32.1 Å². The summed E-state index contributed by atoms with van der Waals surface area (Å²) in [5.41, 5.74) is 1.34. The SMILES string of the molecule is O=S(=O)(CCn1c(CS(=O)(=O)c2ccccc2)nc2ccccc21)c1ccccc1. The summed E-state index contributed by atoms with van der Waals surface area (Å²) in [5.74, 6) is -0.143. The van der Waals surface area contributed by atoms with Crippen LogP contribution in [0.15, 0.2) is 94.7 Å². The van der Waals surface area contributed by atoms with Gasteiger partial charge in [-0.2, -0.15) is 0 Å². The molecule has 0 atom stereocenters. The molecule has 0 unspecified atom stereocenters. The topological polar surface area (TPSA) is 86.1 Å². The maximum atomic E-state index is 12.9. The molecule has 4 rings (SSSR count). The van der Waals surface area contributed by atoms with E-state index in [9.17, 15) is 16.8 Å². The quantitative estimate of drug-likeness (QED) is 0.439.